The van der Waals surface area contributed by atoms with Crippen LogP contribution in [0, 0.1) is 6.92 Å². The number of hydrogen-bond donors (Lipinski definition) is 1. The summed E-state index contributed by atoms with van der Waals surface area (Å²) in [5, 5.41) is 9.00. The van der Waals surface area contributed by atoms with Gasteiger partial charge in [0.1, 0.15) is 25.0 Å². The Labute approximate surface area is 279 Å². The topological polar surface area (TPSA) is 115 Å². The Hall–Kier alpha value is -3.90. The molecule has 3 amide bonds. The van der Waals surface area contributed by atoms with Gasteiger partial charge in [0.15, 0.2) is 0 Å². The van der Waals surface area contributed by atoms with Crippen molar-refractivity contribution in [3.63, 3.8) is 0 Å². The van der Waals surface area contributed by atoms with Crippen LogP contribution in [0.1, 0.15) is 51.4 Å². The zero-order chi connectivity index (χ0) is 34.6. The first-order chi connectivity index (χ1) is 21.9. The SMILES string of the molecule is Cc1cccc2c(C(C)(C)NC(=O)[C@@H]3CN(C(=O)OC(C)(C)C)CCN3C(=O)OCc3ccccc3)nn(COCC[Si](C)(C)C)c12. The fraction of sp³-hybridized carbons (Fsp3) is 0.543. The number of amides is 3. The first-order valence-electron chi connectivity index (χ1n) is 16.3. The molecule has 1 aromatic heterocycles. The predicted octanol–water partition coefficient (Wildman–Crippen LogP) is 6.27. The zero-order valence-electron chi connectivity index (χ0n) is 29.4. The van der Waals surface area contributed by atoms with Crippen LogP contribution >= 0.6 is 0 Å². The number of hydrogen-bond acceptors (Lipinski definition) is 7. The number of carbonyl (C=O) groups excluding carboxylic acids is 3. The Morgan fingerprint density at radius 1 is 0.957 bits per heavy atom. The summed E-state index contributed by atoms with van der Waals surface area (Å²) >= 11 is 0. The quantitative estimate of drug-likeness (QED) is 0.201. The van der Waals surface area contributed by atoms with E-state index >= 15 is 0 Å². The summed E-state index contributed by atoms with van der Waals surface area (Å²) in [4.78, 5) is 43.4. The van der Waals surface area contributed by atoms with Gasteiger partial charge in [0.2, 0.25) is 5.91 Å². The standard InChI is InChI=1S/C35H51N5O6Si/c1-25-14-13-17-27-29(25)40(24-44-20-21-47(7,8)9)37-30(27)35(5,6)36-31(41)28-22-38(32(42)46-34(2,3)4)18-19-39(28)33(43)45-23-26-15-11-10-12-16-26/h10-17,28H,18-24H2,1-9H3,(H,36,41)/t28-/m0/s1. The molecule has 12 heteroatoms. The maximum absolute atomic E-state index is 14.1. The van der Waals surface area contributed by atoms with Crippen molar-refractivity contribution < 1.29 is 28.6 Å². The Morgan fingerprint density at radius 2 is 1.66 bits per heavy atom. The lowest BCUT2D eigenvalue weighted by Gasteiger charge is -2.41. The molecule has 2 heterocycles. The molecule has 11 nitrogen and oxygen atoms in total. The predicted molar refractivity (Wildman–Crippen MR) is 185 cm³/mol. The van der Waals surface area contributed by atoms with Gasteiger partial charge in [-0.25, -0.2) is 14.3 Å². The number of rotatable bonds is 10. The van der Waals surface area contributed by atoms with Gasteiger partial charge in [-0.2, -0.15) is 5.10 Å². The Balaban J connectivity index is 1.58. The van der Waals surface area contributed by atoms with Gasteiger partial charge in [-0.1, -0.05) is 68.2 Å². The van der Waals surface area contributed by atoms with Gasteiger partial charge >= 0.3 is 12.2 Å². The van der Waals surface area contributed by atoms with Crippen LogP contribution in [0.15, 0.2) is 48.5 Å². The number of benzene rings is 2. The molecule has 1 atom stereocenters. The number of fused-ring (bicyclic) bond motifs is 1. The highest BCUT2D eigenvalue weighted by atomic mass is 28.3. The van der Waals surface area contributed by atoms with E-state index in [9.17, 15) is 14.4 Å². The summed E-state index contributed by atoms with van der Waals surface area (Å²) in [6.45, 7) is 19.4. The van der Waals surface area contributed by atoms with E-state index in [1.807, 2.05) is 74.0 Å². The summed E-state index contributed by atoms with van der Waals surface area (Å²) in [5.41, 5.74) is 1.84. The van der Waals surface area contributed by atoms with Crippen LogP contribution in [-0.2, 0) is 37.9 Å². The van der Waals surface area contributed by atoms with Crippen molar-refractivity contribution in [2.45, 2.75) is 97.7 Å². The summed E-state index contributed by atoms with van der Waals surface area (Å²) in [5.74, 6) is -0.429. The van der Waals surface area contributed by atoms with Crippen molar-refractivity contribution >= 4 is 37.1 Å². The number of ether oxygens (including phenoxy) is 3. The third kappa shape index (κ3) is 9.57. The largest absolute Gasteiger partial charge is 0.445 e. The number of nitrogens with one attached hydrogen (secondary N) is 1. The van der Waals surface area contributed by atoms with E-state index in [1.54, 1.807) is 20.8 Å². The molecule has 256 valence electrons. The van der Waals surface area contributed by atoms with Crippen molar-refractivity contribution in [1.29, 1.82) is 0 Å². The first-order valence-corrected chi connectivity index (χ1v) is 20.0. The minimum Gasteiger partial charge on any atom is -0.445 e. The highest BCUT2D eigenvalue weighted by Gasteiger charge is 2.41. The van der Waals surface area contributed by atoms with Crippen LogP contribution in [0.2, 0.25) is 25.7 Å². The summed E-state index contributed by atoms with van der Waals surface area (Å²) in [7, 11) is -1.25. The molecule has 2 aromatic carbocycles. The molecule has 3 aromatic rings. The fourth-order valence-electron chi connectivity index (χ4n) is 5.47. The number of aryl methyl sites for hydroxylation is 1. The highest BCUT2D eigenvalue weighted by molar-refractivity contribution is 6.76. The average Bonchev–Trinajstić information content (AvgIpc) is 3.37. The smallest absolute Gasteiger partial charge is 0.410 e. The molecule has 0 bridgehead atoms. The Kier molecular flexibility index (Phi) is 11.1. The molecule has 0 aliphatic carbocycles. The lowest BCUT2D eigenvalue weighted by Crippen LogP contribution is -2.63. The molecule has 1 saturated heterocycles. The van der Waals surface area contributed by atoms with Crippen LogP contribution in [0.25, 0.3) is 10.9 Å². The van der Waals surface area contributed by atoms with Crippen molar-refractivity contribution in [2.75, 3.05) is 26.2 Å². The van der Waals surface area contributed by atoms with E-state index in [-0.39, 0.29) is 26.2 Å². The second-order valence-corrected chi connectivity index (χ2v) is 20.6. The molecular formula is C35H51N5O6Si. The number of aromatic nitrogens is 2. The van der Waals surface area contributed by atoms with E-state index in [2.05, 4.69) is 25.0 Å². The molecule has 0 saturated carbocycles. The lowest BCUT2D eigenvalue weighted by molar-refractivity contribution is -0.129. The Morgan fingerprint density at radius 3 is 2.32 bits per heavy atom. The van der Waals surface area contributed by atoms with E-state index in [4.69, 9.17) is 19.3 Å². The zero-order valence-corrected chi connectivity index (χ0v) is 30.4. The van der Waals surface area contributed by atoms with Gasteiger partial charge in [0.25, 0.3) is 0 Å². The minimum atomic E-state index is -1.25. The van der Waals surface area contributed by atoms with Gasteiger partial charge in [0, 0.05) is 33.2 Å². The van der Waals surface area contributed by atoms with E-state index in [0.717, 1.165) is 28.1 Å². The molecule has 1 aliphatic heterocycles. The number of carbonyl (C=O) groups is 3. The molecule has 0 radical (unpaired) electrons. The summed E-state index contributed by atoms with van der Waals surface area (Å²) in [6.07, 6.45) is -1.17. The molecule has 4 rings (SSSR count). The minimum absolute atomic E-state index is 0.0451. The summed E-state index contributed by atoms with van der Waals surface area (Å²) < 4.78 is 19.1. The monoisotopic (exact) mass is 665 g/mol. The molecule has 47 heavy (non-hydrogen) atoms. The molecule has 0 unspecified atom stereocenters. The van der Waals surface area contributed by atoms with Gasteiger partial charge in [0.05, 0.1) is 23.3 Å². The van der Waals surface area contributed by atoms with Crippen molar-refractivity contribution in [3.8, 4) is 0 Å². The second-order valence-electron chi connectivity index (χ2n) is 15.0. The van der Waals surface area contributed by atoms with Crippen molar-refractivity contribution in [1.82, 2.24) is 24.9 Å². The third-order valence-electron chi connectivity index (χ3n) is 7.98. The van der Waals surface area contributed by atoms with Crippen molar-refractivity contribution in [3.05, 3.63) is 65.4 Å². The highest BCUT2D eigenvalue weighted by Crippen LogP contribution is 2.30. The maximum Gasteiger partial charge on any atom is 0.410 e. The van der Waals surface area contributed by atoms with E-state index in [0.29, 0.717) is 19.0 Å². The van der Waals surface area contributed by atoms with E-state index < -0.39 is 43.3 Å². The van der Waals surface area contributed by atoms with Crippen molar-refractivity contribution in [2.24, 2.45) is 0 Å². The molecule has 1 N–H and O–H groups in total. The average molecular weight is 666 g/mol. The molecule has 1 aliphatic rings. The van der Waals surface area contributed by atoms with E-state index in [1.165, 1.54) is 9.80 Å². The molecule has 1 fully saturated rings. The second kappa shape index (κ2) is 14.5. The van der Waals surface area contributed by atoms with Crippen LogP contribution in [0.5, 0.6) is 0 Å². The Bertz CT molecular complexity index is 1560. The number of piperazine rings is 1. The van der Waals surface area contributed by atoms with Crippen LogP contribution in [-0.4, -0.2) is 83.6 Å². The third-order valence-corrected chi connectivity index (χ3v) is 9.69. The van der Waals surface area contributed by atoms with Gasteiger partial charge in [-0.15, -0.1) is 0 Å². The van der Waals surface area contributed by atoms with Gasteiger partial charge < -0.3 is 24.4 Å². The van der Waals surface area contributed by atoms with Crippen LogP contribution < -0.4 is 5.32 Å². The van der Waals surface area contributed by atoms with Crippen LogP contribution in [0.3, 0.4) is 0 Å². The fourth-order valence-corrected chi connectivity index (χ4v) is 6.23. The summed E-state index contributed by atoms with van der Waals surface area (Å²) in [6, 6.07) is 15.4. The number of nitrogens with zero attached hydrogens (tertiary/aromatic N) is 4. The first kappa shape index (κ1) is 35.9. The van der Waals surface area contributed by atoms with Gasteiger partial charge in [-0.05, 0) is 58.7 Å². The normalized spacial score (nSPS) is 15.9. The van der Waals surface area contributed by atoms with Crippen LogP contribution in [0.4, 0.5) is 9.59 Å². The molecule has 0 spiro atoms. The number of para-hydroxylation sites is 1. The lowest BCUT2D eigenvalue weighted by atomic mass is 9.95. The maximum atomic E-state index is 14.1. The van der Waals surface area contributed by atoms with Gasteiger partial charge in [-0.3, -0.25) is 9.69 Å². The molecular weight excluding hydrogens is 615 g/mol.